The van der Waals surface area contributed by atoms with Gasteiger partial charge in [-0.2, -0.15) is 0 Å². The molecular weight excluding hydrogens is 160 g/mol. The van der Waals surface area contributed by atoms with Gasteiger partial charge in [-0.15, -0.1) is 0 Å². The lowest BCUT2D eigenvalue weighted by Crippen LogP contribution is -1.85. The van der Waals surface area contributed by atoms with Crippen LogP contribution in [0.5, 0.6) is 0 Å². The van der Waals surface area contributed by atoms with E-state index in [4.69, 9.17) is 12.3 Å². The largest absolute Gasteiger partial charge is 0.399 e. The van der Waals surface area contributed by atoms with Crippen LogP contribution in [0.25, 0.3) is 15.6 Å². The van der Waals surface area contributed by atoms with Crippen LogP contribution in [0.3, 0.4) is 0 Å². The number of benzene rings is 2. The molecule has 0 aliphatic rings. The first-order valence-electron chi connectivity index (χ1n) is 3.97. The molecule has 62 valence electrons. The van der Waals surface area contributed by atoms with Crippen molar-refractivity contribution in [1.29, 1.82) is 0 Å². The van der Waals surface area contributed by atoms with Crippen LogP contribution in [0, 0.1) is 6.57 Å². The number of rotatable bonds is 0. The number of nitrogen functional groups attached to an aromatic ring is 1. The Labute approximate surface area is 76.4 Å². The van der Waals surface area contributed by atoms with Gasteiger partial charge in [0.2, 0.25) is 0 Å². The summed E-state index contributed by atoms with van der Waals surface area (Å²) in [5.74, 6) is 0. The summed E-state index contributed by atoms with van der Waals surface area (Å²) < 4.78 is 0. The molecule has 0 aliphatic carbocycles. The molecule has 0 fully saturated rings. The SMILES string of the molecule is [C-]#[N+]c1cccc2cccc(N)c12. The molecule has 0 aromatic heterocycles. The van der Waals surface area contributed by atoms with Gasteiger partial charge < -0.3 is 5.73 Å². The molecule has 0 saturated heterocycles. The zero-order valence-corrected chi connectivity index (χ0v) is 6.99. The fourth-order valence-corrected chi connectivity index (χ4v) is 1.44. The number of nitrogens with zero attached hydrogens (tertiary/aromatic N) is 1. The molecule has 0 amide bonds. The van der Waals surface area contributed by atoms with E-state index in [1.54, 1.807) is 6.07 Å². The Balaban J connectivity index is 2.97. The van der Waals surface area contributed by atoms with E-state index >= 15 is 0 Å². The van der Waals surface area contributed by atoms with Gasteiger partial charge in [-0.25, -0.2) is 4.85 Å². The summed E-state index contributed by atoms with van der Waals surface area (Å²) >= 11 is 0. The van der Waals surface area contributed by atoms with Crippen molar-refractivity contribution >= 4 is 22.1 Å². The van der Waals surface area contributed by atoms with Gasteiger partial charge in [0, 0.05) is 11.1 Å². The molecular formula is C11H8N2. The summed E-state index contributed by atoms with van der Waals surface area (Å²) in [4.78, 5) is 3.43. The minimum atomic E-state index is 0.621. The van der Waals surface area contributed by atoms with E-state index in [1.165, 1.54) is 0 Å². The lowest BCUT2D eigenvalue weighted by Gasteiger charge is -2.02. The summed E-state index contributed by atoms with van der Waals surface area (Å²) in [5, 5.41) is 1.88. The van der Waals surface area contributed by atoms with E-state index in [0.717, 1.165) is 10.8 Å². The van der Waals surface area contributed by atoms with Gasteiger partial charge in [-0.05, 0) is 11.5 Å². The highest BCUT2D eigenvalue weighted by Gasteiger charge is 2.01. The summed E-state index contributed by atoms with van der Waals surface area (Å²) in [7, 11) is 0. The van der Waals surface area contributed by atoms with Crippen molar-refractivity contribution in [1.82, 2.24) is 0 Å². The van der Waals surface area contributed by atoms with Crippen LogP contribution in [0.15, 0.2) is 36.4 Å². The molecule has 0 spiro atoms. The average Bonchev–Trinajstić information content (AvgIpc) is 2.17. The molecule has 0 atom stereocenters. The van der Waals surface area contributed by atoms with Crippen molar-refractivity contribution in [3.8, 4) is 0 Å². The zero-order chi connectivity index (χ0) is 9.26. The predicted octanol–water partition coefficient (Wildman–Crippen LogP) is 2.97. The molecule has 0 saturated carbocycles. The fourth-order valence-electron chi connectivity index (χ4n) is 1.44. The molecule has 0 unspecified atom stereocenters. The Bertz CT molecular complexity index is 490. The van der Waals surface area contributed by atoms with Crippen LogP contribution < -0.4 is 5.73 Å². The number of nitrogens with two attached hydrogens (primary N) is 1. The fraction of sp³-hybridized carbons (Fsp3) is 0. The first-order valence-corrected chi connectivity index (χ1v) is 3.97. The zero-order valence-electron chi connectivity index (χ0n) is 6.99. The lowest BCUT2D eigenvalue weighted by atomic mass is 10.1. The second-order valence-corrected chi connectivity index (χ2v) is 2.83. The summed E-state index contributed by atoms with van der Waals surface area (Å²) in [5.41, 5.74) is 7.08. The molecule has 2 aromatic carbocycles. The number of hydrogen-bond acceptors (Lipinski definition) is 1. The van der Waals surface area contributed by atoms with Crippen molar-refractivity contribution in [3.05, 3.63) is 47.8 Å². The summed E-state index contributed by atoms with van der Waals surface area (Å²) in [6.45, 7) is 6.99. The van der Waals surface area contributed by atoms with Crippen LogP contribution >= 0.6 is 0 Å². The minimum Gasteiger partial charge on any atom is -0.399 e. The third-order valence-corrected chi connectivity index (χ3v) is 2.04. The highest BCUT2D eigenvalue weighted by molar-refractivity contribution is 6.02. The maximum absolute atomic E-state index is 6.99. The predicted molar refractivity (Wildman–Crippen MR) is 54.6 cm³/mol. The highest BCUT2D eigenvalue weighted by Crippen LogP contribution is 2.30. The molecule has 2 aromatic rings. The number of hydrogen-bond donors (Lipinski definition) is 1. The van der Waals surface area contributed by atoms with Gasteiger partial charge in [-0.1, -0.05) is 30.3 Å². The maximum atomic E-state index is 6.99. The Kier molecular flexibility index (Phi) is 1.64. The quantitative estimate of drug-likeness (QED) is 0.475. The highest BCUT2D eigenvalue weighted by atomic mass is 14.7. The molecule has 2 N–H and O–H groups in total. The second-order valence-electron chi connectivity index (χ2n) is 2.83. The van der Waals surface area contributed by atoms with Crippen LogP contribution in [-0.2, 0) is 0 Å². The van der Waals surface area contributed by atoms with Gasteiger partial charge in [0.1, 0.15) is 0 Å². The normalized spacial score (nSPS) is 9.77. The van der Waals surface area contributed by atoms with E-state index in [2.05, 4.69) is 4.85 Å². The first kappa shape index (κ1) is 7.63. The van der Waals surface area contributed by atoms with E-state index in [0.29, 0.717) is 11.4 Å². The molecule has 0 bridgehead atoms. The number of anilines is 1. The Hall–Kier alpha value is -2.01. The number of fused-ring (bicyclic) bond motifs is 1. The van der Waals surface area contributed by atoms with Crippen molar-refractivity contribution < 1.29 is 0 Å². The molecule has 0 radical (unpaired) electrons. The van der Waals surface area contributed by atoms with Crippen LogP contribution in [-0.4, -0.2) is 0 Å². The molecule has 13 heavy (non-hydrogen) atoms. The first-order chi connectivity index (χ1) is 6.33. The maximum Gasteiger partial charge on any atom is 0.196 e. The molecule has 2 nitrogen and oxygen atoms in total. The van der Waals surface area contributed by atoms with Gasteiger partial charge >= 0.3 is 0 Å². The van der Waals surface area contributed by atoms with Gasteiger partial charge in [0.05, 0.1) is 6.57 Å². The molecule has 0 aliphatic heterocycles. The molecule has 2 rings (SSSR count). The van der Waals surface area contributed by atoms with Crippen LogP contribution in [0.4, 0.5) is 11.4 Å². The van der Waals surface area contributed by atoms with Crippen LogP contribution in [0.1, 0.15) is 0 Å². The smallest absolute Gasteiger partial charge is 0.196 e. The summed E-state index contributed by atoms with van der Waals surface area (Å²) in [6.07, 6.45) is 0. The van der Waals surface area contributed by atoms with Crippen molar-refractivity contribution in [2.45, 2.75) is 0 Å². The minimum absolute atomic E-state index is 0.621. The monoisotopic (exact) mass is 168 g/mol. The van der Waals surface area contributed by atoms with Gasteiger partial charge in [-0.3, -0.25) is 0 Å². The van der Waals surface area contributed by atoms with Crippen molar-refractivity contribution in [3.63, 3.8) is 0 Å². The van der Waals surface area contributed by atoms with Crippen molar-refractivity contribution in [2.75, 3.05) is 5.73 Å². The molecule has 2 heteroatoms. The van der Waals surface area contributed by atoms with E-state index in [1.807, 2.05) is 30.3 Å². The third kappa shape index (κ3) is 1.11. The Morgan fingerprint density at radius 2 is 1.77 bits per heavy atom. The Morgan fingerprint density at radius 3 is 2.46 bits per heavy atom. The Morgan fingerprint density at radius 1 is 1.08 bits per heavy atom. The van der Waals surface area contributed by atoms with E-state index in [9.17, 15) is 0 Å². The van der Waals surface area contributed by atoms with E-state index < -0.39 is 0 Å². The van der Waals surface area contributed by atoms with Crippen LogP contribution in [0.2, 0.25) is 0 Å². The van der Waals surface area contributed by atoms with E-state index in [-0.39, 0.29) is 0 Å². The average molecular weight is 168 g/mol. The summed E-state index contributed by atoms with van der Waals surface area (Å²) in [6, 6.07) is 11.3. The lowest BCUT2D eigenvalue weighted by molar-refractivity contribution is 1.73. The van der Waals surface area contributed by atoms with Gasteiger partial charge in [0.25, 0.3) is 0 Å². The standard InChI is InChI=1S/C11H8N2/c1-13-10-7-3-5-8-4-2-6-9(12)11(8)10/h2-7H,12H2. The third-order valence-electron chi connectivity index (χ3n) is 2.04. The topological polar surface area (TPSA) is 30.4 Å². The molecule has 0 heterocycles. The van der Waals surface area contributed by atoms with Crippen molar-refractivity contribution in [2.24, 2.45) is 0 Å². The second kappa shape index (κ2) is 2.80. The van der Waals surface area contributed by atoms with Gasteiger partial charge in [0.15, 0.2) is 5.69 Å².